The minimum Gasteiger partial charge on any atom is -0.347 e. The Balaban J connectivity index is 1.73. The van der Waals surface area contributed by atoms with E-state index in [2.05, 4.69) is 5.32 Å². The molecule has 134 valence electrons. The summed E-state index contributed by atoms with van der Waals surface area (Å²) in [6.07, 6.45) is 1.25. The van der Waals surface area contributed by atoms with Gasteiger partial charge in [-0.25, -0.2) is 12.8 Å². The van der Waals surface area contributed by atoms with Crippen LogP contribution in [0.1, 0.15) is 18.4 Å². The molecule has 2 heterocycles. The van der Waals surface area contributed by atoms with Gasteiger partial charge in [-0.3, -0.25) is 4.79 Å². The fraction of sp³-hybridized carbons (Fsp3) is 0.211. The highest BCUT2D eigenvalue weighted by molar-refractivity contribution is 7.96. The fourth-order valence-corrected chi connectivity index (χ4v) is 5.26. The molecule has 26 heavy (non-hydrogen) atoms. The van der Waals surface area contributed by atoms with Gasteiger partial charge in [-0.15, -0.1) is 0 Å². The van der Waals surface area contributed by atoms with Crippen LogP contribution in [0.3, 0.4) is 0 Å². The summed E-state index contributed by atoms with van der Waals surface area (Å²) in [6, 6.07) is 12.9. The molecule has 0 aliphatic carbocycles. The molecule has 2 aliphatic heterocycles. The zero-order valence-corrected chi connectivity index (χ0v) is 14.7. The topological polar surface area (TPSA) is 66.5 Å². The van der Waals surface area contributed by atoms with Crippen molar-refractivity contribution in [1.82, 2.24) is 5.32 Å². The second kappa shape index (κ2) is 6.25. The number of hydrogen-bond acceptors (Lipinski definition) is 4. The third-order valence-corrected chi connectivity index (χ3v) is 6.52. The van der Waals surface area contributed by atoms with E-state index in [9.17, 15) is 17.6 Å². The summed E-state index contributed by atoms with van der Waals surface area (Å²) in [4.78, 5) is 14.2. The molecule has 2 aromatic rings. The van der Waals surface area contributed by atoms with Crippen LogP contribution in [0.5, 0.6) is 0 Å². The zero-order chi connectivity index (χ0) is 18.3. The Labute approximate surface area is 151 Å². The summed E-state index contributed by atoms with van der Waals surface area (Å²) in [7, 11) is -4.08. The largest absolute Gasteiger partial charge is 0.347 e. The quantitative estimate of drug-likeness (QED) is 0.900. The lowest BCUT2D eigenvalue weighted by Crippen LogP contribution is -2.35. The molecule has 0 saturated carbocycles. The molecule has 5 nitrogen and oxygen atoms in total. The molecule has 2 aromatic carbocycles. The Morgan fingerprint density at radius 3 is 2.69 bits per heavy atom. The number of benzene rings is 2. The van der Waals surface area contributed by atoms with Crippen LogP contribution in [0.2, 0.25) is 0 Å². The number of nitrogens with zero attached hydrogens (tertiary/aromatic N) is 1. The van der Waals surface area contributed by atoms with Crippen LogP contribution in [0.15, 0.2) is 64.0 Å². The van der Waals surface area contributed by atoms with Gasteiger partial charge in [0.25, 0.3) is 5.91 Å². The Morgan fingerprint density at radius 2 is 1.92 bits per heavy atom. The van der Waals surface area contributed by atoms with E-state index in [-0.39, 0.29) is 16.3 Å². The molecule has 1 fully saturated rings. The Bertz CT molecular complexity index is 1020. The predicted molar refractivity (Wildman–Crippen MR) is 95.5 cm³/mol. The molecule has 2 aliphatic rings. The lowest BCUT2D eigenvalue weighted by atomic mass is 10.2. The third-order valence-electron chi connectivity index (χ3n) is 4.66. The average Bonchev–Trinajstić information content (AvgIpc) is 3.09. The number of carbonyl (C=O) groups excluding carboxylic acids is 1. The summed E-state index contributed by atoms with van der Waals surface area (Å²) in [6.45, 7) is 0.834. The SMILES string of the molecule is O=C(NCc1ccccc1)C1=C2CCCN2c2ccc(F)cc2S1(=O)=O. The molecule has 1 amide bonds. The maximum atomic E-state index is 13.7. The summed E-state index contributed by atoms with van der Waals surface area (Å²) in [5, 5.41) is 2.69. The van der Waals surface area contributed by atoms with Crippen LogP contribution in [-0.4, -0.2) is 20.9 Å². The Hall–Kier alpha value is -2.67. The van der Waals surface area contributed by atoms with E-state index in [1.165, 1.54) is 12.1 Å². The Kier molecular flexibility index (Phi) is 4.03. The standard InChI is InChI=1S/C19H17FN2O3S/c20-14-8-9-15-17(11-14)26(24,25)18(16-7-4-10-22(15)16)19(23)21-12-13-5-2-1-3-6-13/h1-3,5-6,8-9,11H,4,7,10,12H2,(H,21,23). The maximum absolute atomic E-state index is 13.7. The average molecular weight is 372 g/mol. The molecule has 4 rings (SSSR count). The fourth-order valence-electron chi connectivity index (χ4n) is 3.48. The number of nitrogens with one attached hydrogen (secondary N) is 1. The third kappa shape index (κ3) is 2.68. The van der Waals surface area contributed by atoms with Crippen molar-refractivity contribution in [1.29, 1.82) is 0 Å². The van der Waals surface area contributed by atoms with Gasteiger partial charge in [0.1, 0.15) is 5.82 Å². The molecule has 0 aromatic heterocycles. The highest BCUT2D eigenvalue weighted by atomic mass is 32.2. The van der Waals surface area contributed by atoms with Crippen molar-refractivity contribution in [3.05, 3.63) is 70.5 Å². The highest BCUT2D eigenvalue weighted by Gasteiger charge is 2.41. The van der Waals surface area contributed by atoms with Gasteiger partial charge in [0.05, 0.1) is 10.6 Å². The number of halogens is 1. The van der Waals surface area contributed by atoms with E-state index in [1.54, 1.807) is 0 Å². The second-order valence-electron chi connectivity index (χ2n) is 6.31. The molecule has 0 spiro atoms. The van der Waals surface area contributed by atoms with Crippen molar-refractivity contribution in [2.24, 2.45) is 0 Å². The lowest BCUT2D eigenvalue weighted by Gasteiger charge is -2.30. The minimum absolute atomic E-state index is 0.145. The van der Waals surface area contributed by atoms with Gasteiger partial charge in [0.2, 0.25) is 9.84 Å². The van der Waals surface area contributed by atoms with Crippen molar-refractivity contribution < 1.29 is 17.6 Å². The summed E-state index contributed by atoms with van der Waals surface area (Å²) in [5.41, 5.74) is 1.81. The van der Waals surface area contributed by atoms with Crippen molar-refractivity contribution in [3.63, 3.8) is 0 Å². The van der Waals surface area contributed by atoms with Gasteiger partial charge in [0, 0.05) is 18.8 Å². The van der Waals surface area contributed by atoms with E-state index in [0.717, 1.165) is 18.1 Å². The smallest absolute Gasteiger partial charge is 0.265 e. The molecule has 0 bridgehead atoms. The highest BCUT2D eigenvalue weighted by Crippen LogP contribution is 2.43. The predicted octanol–water partition coefficient (Wildman–Crippen LogP) is 2.74. The van der Waals surface area contributed by atoms with Gasteiger partial charge in [-0.1, -0.05) is 30.3 Å². The van der Waals surface area contributed by atoms with E-state index < -0.39 is 21.6 Å². The van der Waals surface area contributed by atoms with Crippen LogP contribution >= 0.6 is 0 Å². The number of hydrogen-bond donors (Lipinski definition) is 1. The summed E-state index contributed by atoms with van der Waals surface area (Å²) in [5.74, 6) is -1.29. The zero-order valence-electron chi connectivity index (χ0n) is 13.9. The number of allylic oxidation sites excluding steroid dienone is 1. The normalized spacial score (nSPS) is 17.7. The van der Waals surface area contributed by atoms with Crippen molar-refractivity contribution in [2.75, 3.05) is 11.4 Å². The number of rotatable bonds is 3. The minimum atomic E-state index is -4.08. The van der Waals surface area contributed by atoms with Crippen LogP contribution in [0.4, 0.5) is 10.1 Å². The van der Waals surface area contributed by atoms with E-state index in [1.807, 2.05) is 35.2 Å². The number of fused-ring (bicyclic) bond motifs is 3. The molecule has 1 N–H and O–H groups in total. The number of amides is 1. The number of anilines is 1. The first-order chi connectivity index (χ1) is 12.5. The lowest BCUT2D eigenvalue weighted by molar-refractivity contribution is -0.117. The summed E-state index contributed by atoms with van der Waals surface area (Å²) >= 11 is 0. The molecule has 1 saturated heterocycles. The molecule has 7 heteroatoms. The number of carbonyl (C=O) groups is 1. The second-order valence-corrected chi connectivity index (χ2v) is 8.17. The van der Waals surface area contributed by atoms with Gasteiger partial charge in [0.15, 0.2) is 4.91 Å². The first-order valence-corrected chi connectivity index (χ1v) is 9.84. The van der Waals surface area contributed by atoms with Gasteiger partial charge >= 0.3 is 0 Å². The Morgan fingerprint density at radius 1 is 1.15 bits per heavy atom. The van der Waals surface area contributed by atoms with Gasteiger partial charge in [-0.05, 0) is 36.6 Å². The van der Waals surface area contributed by atoms with Gasteiger partial charge < -0.3 is 10.2 Å². The van der Waals surface area contributed by atoms with E-state index in [0.29, 0.717) is 24.4 Å². The van der Waals surface area contributed by atoms with E-state index in [4.69, 9.17) is 0 Å². The number of sulfone groups is 1. The molecule has 0 radical (unpaired) electrons. The van der Waals surface area contributed by atoms with Crippen molar-refractivity contribution in [3.8, 4) is 0 Å². The van der Waals surface area contributed by atoms with Crippen molar-refractivity contribution in [2.45, 2.75) is 24.3 Å². The first kappa shape index (κ1) is 16.8. The molecule has 0 unspecified atom stereocenters. The van der Waals surface area contributed by atoms with Gasteiger partial charge in [-0.2, -0.15) is 0 Å². The van der Waals surface area contributed by atoms with Crippen molar-refractivity contribution >= 4 is 21.4 Å². The maximum Gasteiger partial charge on any atom is 0.265 e. The molecular formula is C19H17FN2O3S. The monoisotopic (exact) mass is 372 g/mol. The first-order valence-electron chi connectivity index (χ1n) is 8.36. The van der Waals surface area contributed by atoms with Crippen LogP contribution in [0.25, 0.3) is 0 Å². The van der Waals surface area contributed by atoms with Crippen LogP contribution < -0.4 is 10.2 Å². The van der Waals surface area contributed by atoms with E-state index >= 15 is 0 Å². The van der Waals surface area contributed by atoms with Crippen LogP contribution in [0, 0.1) is 5.82 Å². The molecule has 0 atom stereocenters. The summed E-state index contributed by atoms with van der Waals surface area (Å²) < 4.78 is 39.8. The van der Waals surface area contributed by atoms with Crippen LogP contribution in [-0.2, 0) is 21.2 Å². The molecular weight excluding hydrogens is 355 g/mol.